The van der Waals surface area contributed by atoms with Crippen LogP contribution in [0.5, 0.6) is 11.6 Å². The second-order valence-electron chi connectivity index (χ2n) is 3.76. The highest BCUT2D eigenvalue weighted by atomic mass is 79.9. The fourth-order valence-electron chi connectivity index (χ4n) is 1.61. The molecule has 0 bridgehead atoms. The molecule has 0 fully saturated rings. The summed E-state index contributed by atoms with van der Waals surface area (Å²) < 4.78 is 6.76. The van der Waals surface area contributed by atoms with Crippen molar-refractivity contribution < 1.29 is 4.74 Å². The minimum atomic E-state index is 0.439. The Labute approximate surface area is 117 Å². The number of nitrogens with one attached hydrogen (secondary N) is 2. The number of anilines is 1. The number of H-pyrrole nitrogens is 1. The zero-order valence-electron chi connectivity index (χ0n) is 10.0. The average Bonchev–Trinajstić information content (AvgIpc) is 2.89. The second kappa shape index (κ2) is 4.85. The fraction of sp³-hybridized carbons (Fsp3) is 0.0833. The third-order valence-corrected chi connectivity index (χ3v) is 3.03. The molecule has 0 aliphatic carbocycles. The van der Waals surface area contributed by atoms with Gasteiger partial charge in [0, 0.05) is 11.5 Å². The molecule has 3 aromatic rings. The van der Waals surface area contributed by atoms with Gasteiger partial charge in [0.15, 0.2) is 5.65 Å². The van der Waals surface area contributed by atoms with Gasteiger partial charge in [-0.15, -0.1) is 0 Å². The van der Waals surface area contributed by atoms with E-state index < -0.39 is 0 Å². The van der Waals surface area contributed by atoms with Gasteiger partial charge >= 0.3 is 0 Å². The monoisotopic (exact) mass is 319 g/mol. The summed E-state index contributed by atoms with van der Waals surface area (Å²) >= 11 is 3.38. The highest BCUT2D eigenvalue weighted by Gasteiger charge is 2.11. The molecule has 7 heteroatoms. The first-order valence-electron chi connectivity index (χ1n) is 5.58. The van der Waals surface area contributed by atoms with E-state index in [2.05, 4.69) is 41.2 Å². The Balaban J connectivity index is 2.03. The van der Waals surface area contributed by atoms with E-state index in [9.17, 15) is 0 Å². The van der Waals surface area contributed by atoms with Crippen molar-refractivity contribution in [3.63, 3.8) is 0 Å². The zero-order chi connectivity index (χ0) is 13.2. The topological polar surface area (TPSA) is 75.7 Å². The normalized spacial score (nSPS) is 10.6. The molecule has 0 saturated heterocycles. The standard InChI is InChI=1S/C12H10BrN5O/c1-14-12-17-10-9(15-6-16-10)11(18-12)19-8-4-2-7(13)3-5-8/h2-6H,1H3,(H2,14,15,16,17,18). The van der Waals surface area contributed by atoms with Crippen LogP contribution in [0.4, 0.5) is 5.95 Å². The lowest BCUT2D eigenvalue weighted by molar-refractivity contribution is 0.468. The summed E-state index contributed by atoms with van der Waals surface area (Å²) in [6.07, 6.45) is 1.56. The van der Waals surface area contributed by atoms with Crippen LogP contribution in [0, 0.1) is 0 Å². The lowest BCUT2D eigenvalue weighted by atomic mass is 10.3. The summed E-state index contributed by atoms with van der Waals surface area (Å²) in [5.74, 6) is 1.60. The lowest BCUT2D eigenvalue weighted by Gasteiger charge is -2.07. The van der Waals surface area contributed by atoms with Crippen LogP contribution in [0.1, 0.15) is 0 Å². The van der Waals surface area contributed by atoms with E-state index in [1.807, 2.05) is 24.3 Å². The Hall–Kier alpha value is -2.15. The van der Waals surface area contributed by atoms with Crippen molar-refractivity contribution in [2.45, 2.75) is 0 Å². The third-order valence-electron chi connectivity index (χ3n) is 2.50. The maximum atomic E-state index is 5.76. The summed E-state index contributed by atoms with van der Waals surface area (Å²) in [7, 11) is 1.75. The Morgan fingerprint density at radius 3 is 2.74 bits per heavy atom. The Kier molecular flexibility index (Phi) is 3.04. The van der Waals surface area contributed by atoms with Crippen LogP contribution in [0.2, 0.25) is 0 Å². The number of aromatic amines is 1. The molecule has 6 nitrogen and oxygen atoms in total. The van der Waals surface area contributed by atoms with Crippen LogP contribution in [-0.2, 0) is 0 Å². The van der Waals surface area contributed by atoms with Crippen LogP contribution in [0.25, 0.3) is 11.2 Å². The molecular formula is C12H10BrN5O. The molecule has 1 aromatic carbocycles. The van der Waals surface area contributed by atoms with Crippen molar-refractivity contribution >= 4 is 33.0 Å². The van der Waals surface area contributed by atoms with E-state index in [4.69, 9.17) is 4.74 Å². The average molecular weight is 320 g/mol. The summed E-state index contributed by atoms with van der Waals surface area (Å²) in [6.45, 7) is 0. The van der Waals surface area contributed by atoms with E-state index in [1.54, 1.807) is 13.4 Å². The van der Waals surface area contributed by atoms with Crippen molar-refractivity contribution in [1.29, 1.82) is 0 Å². The molecule has 19 heavy (non-hydrogen) atoms. The summed E-state index contributed by atoms with van der Waals surface area (Å²) in [5.41, 5.74) is 1.23. The first-order chi connectivity index (χ1) is 9.26. The molecule has 0 aliphatic heterocycles. The number of aromatic nitrogens is 4. The van der Waals surface area contributed by atoms with Crippen molar-refractivity contribution in [3.8, 4) is 11.6 Å². The molecule has 2 aromatic heterocycles. The van der Waals surface area contributed by atoms with E-state index in [-0.39, 0.29) is 0 Å². The van der Waals surface area contributed by atoms with Gasteiger partial charge in [0.2, 0.25) is 5.95 Å². The molecule has 2 N–H and O–H groups in total. The van der Waals surface area contributed by atoms with Crippen molar-refractivity contribution in [1.82, 2.24) is 19.9 Å². The molecule has 96 valence electrons. The van der Waals surface area contributed by atoms with Crippen LogP contribution < -0.4 is 10.1 Å². The largest absolute Gasteiger partial charge is 0.437 e. The van der Waals surface area contributed by atoms with E-state index in [1.165, 1.54) is 0 Å². The maximum Gasteiger partial charge on any atom is 0.250 e. The molecule has 2 heterocycles. The van der Waals surface area contributed by atoms with E-state index in [0.29, 0.717) is 28.7 Å². The van der Waals surface area contributed by atoms with Crippen molar-refractivity contribution in [2.24, 2.45) is 0 Å². The molecule has 0 amide bonds. The first kappa shape index (κ1) is 11.9. The predicted molar refractivity (Wildman–Crippen MR) is 75.4 cm³/mol. The van der Waals surface area contributed by atoms with Gasteiger partial charge in [-0.3, -0.25) is 0 Å². The van der Waals surface area contributed by atoms with Gasteiger partial charge in [0.05, 0.1) is 6.33 Å². The van der Waals surface area contributed by atoms with Gasteiger partial charge in [0.1, 0.15) is 11.3 Å². The number of rotatable bonds is 3. The van der Waals surface area contributed by atoms with Crippen LogP contribution >= 0.6 is 15.9 Å². The lowest BCUT2D eigenvalue weighted by Crippen LogP contribution is -1.99. The number of nitrogens with zero attached hydrogens (tertiary/aromatic N) is 3. The number of halogens is 1. The minimum Gasteiger partial charge on any atom is -0.437 e. The number of benzene rings is 1. The second-order valence-corrected chi connectivity index (χ2v) is 4.68. The molecule has 0 atom stereocenters. The zero-order valence-corrected chi connectivity index (χ0v) is 11.6. The van der Waals surface area contributed by atoms with Gasteiger partial charge in [-0.05, 0) is 24.3 Å². The Morgan fingerprint density at radius 1 is 1.21 bits per heavy atom. The molecular weight excluding hydrogens is 310 g/mol. The van der Waals surface area contributed by atoms with E-state index >= 15 is 0 Å². The third kappa shape index (κ3) is 2.37. The summed E-state index contributed by atoms with van der Waals surface area (Å²) in [5, 5.41) is 2.88. The van der Waals surface area contributed by atoms with Gasteiger partial charge in [-0.25, -0.2) is 4.98 Å². The molecule has 3 rings (SSSR count). The Morgan fingerprint density at radius 2 is 2.00 bits per heavy atom. The highest BCUT2D eigenvalue weighted by Crippen LogP contribution is 2.27. The number of ether oxygens (including phenoxy) is 1. The van der Waals surface area contributed by atoms with Gasteiger partial charge in [-0.2, -0.15) is 9.97 Å². The molecule has 0 unspecified atom stereocenters. The minimum absolute atomic E-state index is 0.439. The molecule has 0 saturated carbocycles. The number of hydrogen-bond donors (Lipinski definition) is 2. The van der Waals surface area contributed by atoms with Gasteiger partial charge in [-0.1, -0.05) is 15.9 Å². The molecule has 0 spiro atoms. The van der Waals surface area contributed by atoms with Crippen LogP contribution in [0.15, 0.2) is 35.1 Å². The predicted octanol–water partition coefficient (Wildman–Crippen LogP) is 2.95. The van der Waals surface area contributed by atoms with Crippen molar-refractivity contribution in [3.05, 3.63) is 35.1 Å². The fourth-order valence-corrected chi connectivity index (χ4v) is 1.87. The SMILES string of the molecule is CNc1nc(Oc2ccc(Br)cc2)c2[nH]cnc2n1. The first-order valence-corrected chi connectivity index (χ1v) is 6.38. The summed E-state index contributed by atoms with van der Waals surface area (Å²) in [6, 6.07) is 7.51. The number of imidazole rings is 1. The molecule has 0 aliphatic rings. The summed E-state index contributed by atoms with van der Waals surface area (Å²) in [4.78, 5) is 15.6. The highest BCUT2D eigenvalue weighted by molar-refractivity contribution is 9.10. The van der Waals surface area contributed by atoms with Crippen LogP contribution in [-0.4, -0.2) is 27.0 Å². The van der Waals surface area contributed by atoms with Crippen LogP contribution in [0.3, 0.4) is 0 Å². The smallest absolute Gasteiger partial charge is 0.250 e. The van der Waals surface area contributed by atoms with Crippen molar-refractivity contribution in [2.75, 3.05) is 12.4 Å². The number of fused-ring (bicyclic) bond motifs is 1. The van der Waals surface area contributed by atoms with E-state index in [0.717, 1.165) is 4.47 Å². The molecule has 0 radical (unpaired) electrons. The maximum absolute atomic E-state index is 5.76. The van der Waals surface area contributed by atoms with Gasteiger partial charge < -0.3 is 15.0 Å². The number of hydrogen-bond acceptors (Lipinski definition) is 5. The van der Waals surface area contributed by atoms with Gasteiger partial charge in [0.25, 0.3) is 5.88 Å². The quantitative estimate of drug-likeness (QED) is 0.776. The Bertz CT molecular complexity index is 710.